The number of thiophene rings is 1. The number of rotatable bonds is 4. The van der Waals surface area contributed by atoms with Gasteiger partial charge in [0.1, 0.15) is 4.90 Å². The molecule has 0 aromatic carbocycles. The van der Waals surface area contributed by atoms with E-state index in [9.17, 15) is 13.2 Å². The number of thiazole rings is 1. The van der Waals surface area contributed by atoms with Crippen molar-refractivity contribution in [3.8, 4) is 0 Å². The van der Waals surface area contributed by atoms with Crippen molar-refractivity contribution >= 4 is 59.7 Å². The van der Waals surface area contributed by atoms with Gasteiger partial charge in [-0.15, -0.1) is 22.7 Å². The predicted octanol–water partition coefficient (Wildman–Crippen LogP) is 2.24. The summed E-state index contributed by atoms with van der Waals surface area (Å²) in [6.45, 7) is 1.37. The Labute approximate surface area is 149 Å². The standard InChI is InChI=1S/C12H12BrN3O4S3/c13-10-9(23(18,19)16-2-4-20-5-3-16)7-8(22-10)11(17)15-12-14-1-6-21-12/h1,6-7H,2-5H2,(H,14,15,17). The maximum Gasteiger partial charge on any atom is 0.267 e. The molecule has 11 heteroatoms. The number of nitrogens with one attached hydrogen (secondary N) is 1. The summed E-state index contributed by atoms with van der Waals surface area (Å²) in [5, 5.41) is 4.85. The van der Waals surface area contributed by atoms with E-state index in [4.69, 9.17) is 4.74 Å². The Kier molecular flexibility index (Phi) is 5.13. The molecule has 0 bridgehead atoms. The minimum absolute atomic E-state index is 0.105. The summed E-state index contributed by atoms with van der Waals surface area (Å²) >= 11 is 5.63. The third-order valence-corrected chi connectivity index (χ3v) is 7.96. The van der Waals surface area contributed by atoms with Crippen LogP contribution in [0, 0.1) is 0 Å². The highest BCUT2D eigenvalue weighted by atomic mass is 79.9. The average Bonchev–Trinajstić information content (AvgIpc) is 3.18. The fourth-order valence-corrected chi connectivity index (χ4v) is 6.35. The Morgan fingerprint density at radius 3 is 2.78 bits per heavy atom. The van der Waals surface area contributed by atoms with Gasteiger partial charge in [-0.25, -0.2) is 13.4 Å². The molecule has 1 saturated heterocycles. The second kappa shape index (κ2) is 6.95. The number of hydrogen-bond donors (Lipinski definition) is 1. The van der Waals surface area contributed by atoms with Crippen molar-refractivity contribution in [3.63, 3.8) is 0 Å². The van der Waals surface area contributed by atoms with Gasteiger partial charge in [-0.05, 0) is 22.0 Å². The van der Waals surface area contributed by atoms with E-state index in [2.05, 4.69) is 26.2 Å². The number of nitrogens with zero attached hydrogens (tertiary/aromatic N) is 2. The number of carbonyl (C=O) groups excluding carboxylic acids is 1. The fourth-order valence-electron chi connectivity index (χ4n) is 2.01. The number of aromatic nitrogens is 1. The molecule has 0 saturated carbocycles. The van der Waals surface area contributed by atoms with Crippen LogP contribution in [0.15, 0.2) is 26.3 Å². The SMILES string of the molecule is O=C(Nc1nccs1)c1cc(S(=O)(=O)N2CCOCC2)c(Br)s1. The zero-order valence-corrected chi connectivity index (χ0v) is 15.7. The van der Waals surface area contributed by atoms with Gasteiger partial charge < -0.3 is 4.74 Å². The van der Waals surface area contributed by atoms with Crippen molar-refractivity contribution in [1.82, 2.24) is 9.29 Å². The maximum atomic E-state index is 12.7. The lowest BCUT2D eigenvalue weighted by atomic mass is 10.4. The highest BCUT2D eigenvalue weighted by molar-refractivity contribution is 9.11. The maximum absolute atomic E-state index is 12.7. The molecule has 0 spiro atoms. The van der Waals surface area contributed by atoms with Crippen molar-refractivity contribution in [2.75, 3.05) is 31.6 Å². The molecule has 1 aliphatic rings. The van der Waals surface area contributed by atoms with E-state index >= 15 is 0 Å². The lowest BCUT2D eigenvalue weighted by Crippen LogP contribution is -2.40. The summed E-state index contributed by atoms with van der Waals surface area (Å²) in [7, 11) is -3.64. The van der Waals surface area contributed by atoms with Crippen LogP contribution >= 0.6 is 38.6 Å². The summed E-state index contributed by atoms with van der Waals surface area (Å²) in [5.41, 5.74) is 0. The van der Waals surface area contributed by atoms with Crippen molar-refractivity contribution in [2.45, 2.75) is 4.90 Å². The molecule has 2 aromatic heterocycles. The minimum Gasteiger partial charge on any atom is -0.379 e. The van der Waals surface area contributed by atoms with Crippen molar-refractivity contribution in [2.24, 2.45) is 0 Å². The monoisotopic (exact) mass is 437 g/mol. The summed E-state index contributed by atoms with van der Waals surface area (Å²) < 4.78 is 32.3. The molecular weight excluding hydrogens is 426 g/mol. The van der Waals surface area contributed by atoms with Crippen molar-refractivity contribution in [3.05, 3.63) is 26.3 Å². The molecule has 3 rings (SSSR count). The van der Waals surface area contributed by atoms with Gasteiger partial charge >= 0.3 is 0 Å². The fraction of sp³-hybridized carbons (Fsp3) is 0.333. The van der Waals surface area contributed by atoms with Crippen LogP contribution in [0.2, 0.25) is 0 Å². The third-order valence-electron chi connectivity index (χ3n) is 3.12. The number of morpholine rings is 1. The first-order chi connectivity index (χ1) is 11.0. The largest absolute Gasteiger partial charge is 0.379 e. The zero-order chi connectivity index (χ0) is 16.4. The topological polar surface area (TPSA) is 88.6 Å². The van der Waals surface area contributed by atoms with Gasteiger partial charge in [-0.1, -0.05) is 0 Å². The van der Waals surface area contributed by atoms with Crippen LogP contribution in [0.25, 0.3) is 0 Å². The van der Waals surface area contributed by atoms with E-state index < -0.39 is 10.0 Å². The van der Waals surface area contributed by atoms with Crippen LogP contribution in [0.1, 0.15) is 9.67 Å². The summed E-state index contributed by atoms with van der Waals surface area (Å²) in [6.07, 6.45) is 1.58. The number of hydrogen-bond acceptors (Lipinski definition) is 7. The first-order valence-electron chi connectivity index (χ1n) is 6.56. The lowest BCUT2D eigenvalue weighted by molar-refractivity contribution is 0.0730. The molecule has 124 valence electrons. The van der Waals surface area contributed by atoms with Crippen LogP contribution in [0.3, 0.4) is 0 Å². The number of sulfonamides is 1. The normalized spacial score (nSPS) is 16.4. The molecule has 2 aromatic rings. The summed E-state index contributed by atoms with van der Waals surface area (Å²) in [5.74, 6) is -0.380. The van der Waals surface area contributed by atoms with Gasteiger partial charge in [-0.2, -0.15) is 4.31 Å². The highest BCUT2D eigenvalue weighted by Gasteiger charge is 2.30. The second-order valence-corrected chi connectivity index (χ2v) is 9.73. The highest BCUT2D eigenvalue weighted by Crippen LogP contribution is 2.34. The first kappa shape index (κ1) is 17.0. The van der Waals surface area contributed by atoms with E-state index in [0.717, 1.165) is 11.3 Å². The predicted molar refractivity (Wildman–Crippen MR) is 91.7 cm³/mol. The number of amides is 1. The molecule has 3 heterocycles. The number of carbonyl (C=O) groups is 1. The quantitative estimate of drug-likeness (QED) is 0.791. The van der Waals surface area contributed by atoms with Crippen molar-refractivity contribution in [1.29, 1.82) is 0 Å². The zero-order valence-electron chi connectivity index (χ0n) is 11.7. The molecule has 1 amide bonds. The van der Waals surface area contributed by atoms with E-state index in [-0.39, 0.29) is 10.8 Å². The molecule has 0 atom stereocenters. The van der Waals surface area contributed by atoms with Gasteiger partial charge in [0, 0.05) is 24.7 Å². The Bertz CT molecular complexity index is 798. The Balaban J connectivity index is 1.84. The van der Waals surface area contributed by atoms with Gasteiger partial charge in [0.15, 0.2) is 5.13 Å². The van der Waals surface area contributed by atoms with Gasteiger partial charge in [-0.3, -0.25) is 10.1 Å². The lowest BCUT2D eigenvalue weighted by Gasteiger charge is -2.25. The average molecular weight is 438 g/mol. The molecule has 1 N–H and O–H groups in total. The number of ether oxygens (including phenoxy) is 1. The van der Waals surface area contributed by atoms with E-state index in [1.807, 2.05) is 0 Å². The van der Waals surface area contributed by atoms with E-state index in [1.165, 1.54) is 21.7 Å². The van der Waals surface area contributed by atoms with Crippen LogP contribution in [-0.2, 0) is 14.8 Å². The van der Waals surface area contributed by atoms with Gasteiger partial charge in [0.25, 0.3) is 5.91 Å². The third kappa shape index (κ3) is 3.64. The van der Waals surface area contributed by atoms with Gasteiger partial charge in [0.05, 0.1) is 21.9 Å². The molecule has 1 aliphatic heterocycles. The second-order valence-electron chi connectivity index (χ2n) is 4.56. The Morgan fingerprint density at radius 2 is 2.13 bits per heavy atom. The molecule has 0 aliphatic carbocycles. The molecule has 1 fully saturated rings. The van der Waals surface area contributed by atoms with Crippen LogP contribution in [0.5, 0.6) is 0 Å². The molecular formula is C12H12BrN3O4S3. The molecule has 7 nitrogen and oxygen atoms in total. The van der Waals surface area contributed by atoms with Crippen molar-refractivity contribution < 1.29 is 17.9 Å². The summed E-state index contributed by atoms with van der Waals surface area (Å²) in [6, 6.07) is 1.39. The van der Waals surface area contributed by atoms with Crippen LogP contribution in [-0.4, -0.2) is 49.9 Å². The minimum atomic E-state index is -3.64. The van der Waals surface area contributed by atoms with E-state index in [1.54, 1.807) is 11.6 Å². The Hall–Kier alpha value is -0.850. The first-order valence-corrected chi connectivity index (χ1v) is 10.5. The number of anilines is 1. The molecule has 23 heavy (non-hydrogen) atoms. The smallest absolute Gasteiger partial charge is 0.267 e. The Morgan fingerprint density at radius 1 is 1.39 bits per heavy atom. The molecule has 0 unspecified atom stereocenters. The van der Waals surface area contributed by atoms with Gasteiger partial charge in [0.2, 0.25) is 10.0 Å². The van der Waals surface area contributed by atoms with E-state index in [0.29, 0.717) is 40.1 Å². The number of halogens is 1. The van der Waals surface area contributed by atoms with Crippen LogP contribution in [0.4, 0.5) is 5.13 Å². The van der Waals surface area contributed by atoms with Crippen LogP contribution < -0.4 is 5.32 Å². The summed E-state index contributed by atoms with van der Waals surface area (Å²) in [4.78, 5) is 16.6. The molecule has 0 radical (unpaired) electrons.